The Morgan fingerprint density at radius 2 is 1.92 bits per heavy atom. The molecule has 2 atom stereocenters. The summed E-state index contributed by atoms with van der Waals surface area (Å²) in [7, 11) is 0. The fourth-order valence-corrected chi connectivity index (χ4v) is 4.24. The highest BCUT2D eigenvalue weighted by Crippen LogP contribution is 2.40. The number of carbonyl (C=O) groups is 1. The van der Waals surface area contributed by atoms with Crippen molar-refractivity contribution < 1.29 is 9.72 Å². The van der Waals surface area contributed by atoms with Gasteiger partial charge in [-0.2, -0.15) is 0 Å². The Balaban J connectivity index is 0.00000208. The topological polar surface area (TPSA) is 98.3 Å². The van der Waals surface area contributed by atoms with Gasteiger partial charge in [-0.3, -0.25) is 14.9 Å². The molecule has 0 heterocycles. The minimum atomic E-state index is -0.494. The van der Waals surface area contributed by atoms with Crippen molar-refractivity contribution >= 4 is 24.0 Å². The lowest BCUT2D eigenvalue weighted by Gasteiger charge is -2.45. The molecule has 2 aliphatic carbocycles. The third-order valence-electron chi connectivity index (χ3n) is 5.27. The lowest BCUT2D eigenvalue weighted by Crippen LogP contribution is -2.53. The second-order valence-corrected chi connectivity index (χ2v) is 6.96. The van der Waals surface area contributed by atoms with Crippen molar-refractivity contribution in [2.45, 2.75) is 51.1 Å². The van der Waals surface area contributed by atoms with E-state index in [2.05, 4.69) is 5.32 Å². The van der Waals surface area contributed by atoms with Crippen LogP contribution in [0, 0.1) is 28.9 Å². The van der Waals surface area contributed by atoms with E-state index in [1.165, 1.54) is 12.5 Å². The highest BCUT2D eigenvalue weighted by atomic mass is 35.5. The zero-order chi connectivity index (χ0) is 16.6. The molecule has 2 aliphatic rings. The van der Waals surface area contributed by atoms with E-state index in [0.717, 1.165) is 31.2 Å². The van der Waals surface area contributed by atoms with Crippen LogP contribution in [0.2, 0.25) is 0 Å². The maximum absolute atomic E-state index is 12.7. The molecule has 7 heteroatoms. The van der Waals surface area contributed by atoms with Gasteiger partial charge in [-0.15, -0.1) is 12.4 Å². The molecule has 1 aromatic rings. The Morgan fingerprint density at radius 1 is 1.29 bits per heavy atom. The van der Waals surface area contributed by atoms with Gasteiger partial charge in [0, 0.05) is 18.2 Å². The molecule has 132 valence electrons. The summed E-state index contributed by atoms with van der Waals surface area (Å²) in [5.74, 6) is 0.452. The van der Waals surface area contributed by atoms with Gasteiger partial charge in [-0.25, -0.2) is 0 Å². The zero-order valence-corrected chi connectivity index (χ0v) is 14.6. The Hall–Kier alpha value is -1.66. The number of hydrogen-bond donors (Lipinski definition) is 2. The number of hydrogen-bond acceptors (Lipinski definition) is 4. The standard InChI is InChI=1S/C17H23N3O3.ClH/c1-10-5-6-15(20(22)23)14(7-10)17(21)19-16-11-3-2-4-12(16)9-13(18)8-11;/h5-7,11-13,16H,2-4,8-9,18H2,1H3,(H,19,21);1H. The number of nitrogens with two attached hydrogens (primary N) is 1. The summed E-state index contributed by atoms with van der Waals surface area (Å²) in [5.41, 5.74) is 6.97. The number of aryl methyl sites for hydroxylation is 1. The number of benzene rings is 1. The van der Waals surface area contributed by atoms with Gasteiger partial charge in [0.05, 0.1) is 4.92 Å². The third-order valence-corrected chi connectivity index (χ3v) is 5.27. The summed E-state index contributed by atoms with van der Waals surface area (Å²) in [4.78, 5) is 23.3. The van der Waals surface area contributed by atoms with Crippen LogP contribution >= 0.6 is 12.4 Å². The number of nitro benzene ring substituents is 1. The van der Waals surface area contributed by atoms with Gasteiger partial charge in [0.2, 0.25) is 0 Å². The first-order valence-electron chi connectivity index (χ1n) is 8.27. The highest BCUT2D eigenvalue weighted by molar-refractivity contribution is 5.98. The summed E-state index contributed by atoms with van der Waals surface area (Å²) in [6.07, 6.45) is 5.18. The molecule has 0 aromatic heterocycles. The highest BCUT2D eigenvalue weighted by Gasteiger charge is 2.40. The van der Waals surface area contributed by atoms with Crippen molar-refractivity contribution in [2.24, 2.45) is 17.6 Å². The molecule has 0 radical (unpaired) electrons. The van der Waals surface area contributed by atoms with Crippen LogP contribution in [-0.4, -0.2) is 22.9 Å². The van der Waals surface area contributed by atoms with Gasteiger partial charge in [0.25, 0.3) is 11.6 Å². The van der Waals surface area contributed by atoms with Crippen molar-refractivity contribution in [3.05, 3.63) is 39.4 Å². The Morgan fingerprint density at radius 3 is 2.50 bits per heavy atom. The van der Waals surface area contributed by atoms with Crippen LogP contribution in [0.4, 0.5) is 5.69 Å². The average molecular weight is 354 g/mol. The molecule has 2 unspecified atom stereocenters. The number of fused-ring (bicyclic) bond motifs is 2. The van der Waals surface area contributed by atoms with Crippen molar-refractivity contribution in [3.8, 4) is 0 Å². The lowest BCUT2D eigenvalue weighted by atomic mass is 9.67. The summed E-state index contributed by atoms with van der Waals surface area (Å²) in [6.45, 7) is 1.83. The monoisotopic (exact) mass is 353 g/mol. The summed E-state index contributed by atoms with van der Waals surface area (Å²) in [5, 5.41) is 14.3. The van der Waals surface area contributed by atoms with Crippen molar-refractivity contribution in [1.82, 2.24) is 5.32 Å². The normalized spacial score (nSPS) is 28.6. The molecule has 2 fully saturated rings. The number of nitrogens with zero attached hydrogens (tertiary/aromatic N) is 1. The molecular formula is C17H24ClN3O3. The van der Waals surface area contributed by atoms with Gasteiger partial charge in [0.15, 0.2) is 0 Å². The van der Waals surface area contributed by atoms with E-state index < -0.39 is 4.92 Å². The van der Waals surface area contributed by atoms with Gasteiger partial charge in [0.1, 0.15) is 5.56 Å². The van der Waals surface area contributed by atoms with E-state index in [-0.39, 0.29) is 41.6 Å². The Bertz CT molecular complexity index is 624. The Kier molecular flexibility index (Phi) is 5.83. The number of nitrogens with one attached hydrogen (secondary N) is 1. The van der Waals surface area contributed by atoms with Gasteiger partial charge in [-0.05, 0) is 56.1 Å². The zero-order valence-electron chi connectivity index (χ0n) is 13.7. The molecule has 3 rings (SSSR count). The van der Waals surface area contributed by atoms with Crippen molar-refractivity contribution in [2.75, 3.05) is 0 Å². The molecule has 1 aromatic carbocycles. The fraction of sp³-hybridized carbons (Fsp3) is 0.588. The SMILES string of the molecule is Cc1ccc([N+](=O)[O-])c(C(=O)NC2C3CCCC2CC(N)C3)c1.Cl. The molecule has 3 N–H and O–H groups in total. The predicted octanol–water partition coefficient (Wildman–Crippen LogP) is 2.96. The van der Waals surface area contributed by atoms with E-state index in [9.17, 15) is 14.9 Å². The molecule has 6 nitrogen and oxygen atoms in total. The van der Waals surface area contributed by atoms with E-state index in [4.69, 9.17) is 5.73 Å². The number of amides is 1. The van der Waals surface area contributed by atoms with E-state index in [1.54, 1.807) is 12.1 Å². The van der Waals surface area contributed by atoms with E-state index in [1.807, 2.05) is 6.92 Å². The van der Waals surface area contributed by atoms with Gasteiger partial charge in [-0.1, -0.05) is 12.5 Å². The van der Waals surface area contributed by atoms with Crippen molar-refractivity contribution in [1.29, 1.82) is 0 Å². The van der Waals surface area contributed by atoms with Crippen LogP contribution in [0.1, 0.15) is 48.0 Å². The molecule has 1 amide bonds. The molecule has 0 aliphatic heterocycles. The lowest BCUT2D eigenvalue weighted by molar-refractivity contribution is -0.385. The minimum absolute atomic E-state index is 0. The summed E-state index contributed by atoms with van der Waals surface area (Å²) < 4.78 is 0. The van der Waals surface area contributed by atoms with Crippen LogP contribution in [0.5, 0.6) is 0 Å². The minimum Gasteiger partial charge on any atom is -0.349 e. The first-order chi connectivity index (χ1) is 11.0. The second kappa shape index (κ2) is 7.49. The first kappa shape index (κ1) is 18.7. The van der Waals surface area contributed by atoms with E-state index >= 15 is 0 Å². The largest absolute Gasteiger partial charge is 0.349 e. The third kappa shape index (κ3) is 3.70. The van der Waals surface area contributed by atoms with Crippen LogP contribution in [0.25, 0.3) is 0 Å². The molecule has 2 bridgehead atoms. The first-order valence-corrected chi connectivity index (χ1v) is 8.27. The van der Waals surface area contributed by atoms with Gasteiger partial charge < -0.3 is 11.1 Å². The molecule has 0 saturated heterocycles. The summed E-state index contributed by atoms with van der Waals surface area (Å²) in [6, 6.07) is 4.96. The maximum atomic E-state index is 12.7. The average Bonchev–Trinajstić information content (AvgIpc) is 2.47. The smallest absolute Gasteiger partial charge is 0.282 e. The molecule has 0 spiro atoms. The maximum Gasteiger partial charge on any atom is 0.282 e. The number of halogens is 1. The quantitative estimate of drug-likeness (QED) is 0.644. The Labute approximate surface area is 147 Å². The summed E-state index contributed by atoms with van der Waals surface area (Å²) >= 11 is 0. The van der Waals surface area contributed by atoms with Gasteiger partial charge >= 0.3 is 0 Å². The number of carbonyl (C=O) groups excluding carboxylic acids is 1. The fourth-order valence-electron chi connectivity index (χ4n) is 4.24. The molecular weight excluding hydrogens is 330 g/mol. The number of rotatable bonds is 3. The van der Waals surface area contributed by atoms with Crippen LogP contribution in [-0.2, 0) is 0 Å². The van der Waals surface area contributed by atoms with E-state index in [0.29, 0.717) is 11.8 Å². The van der Waals surface area contributed by atoms with Crippen molar-refractivity contribution in [3.63, 3.8) is 0 Å². The molecule has 2 saturated carbocycles. The van der Waals surface area contributed by atoms with Crippen LogP contribution in [0.3, 0.4) is 0 Å². The van der Waals surface area contributed by atoms with Crippen LogP contribution < -0.4 is 11.1 Å². The number of nitro groups is 1. The predicted molar refractivity (Wildman–Crippen MR) is 94.4 cm³/mol. The molecule has 24 heavy (non-hydrogen) atoms. The van der Waals surface area contributed by atoms with Crippen LogP contribution in [0.15, 0.2) is 18.2 Å². The second-order valence-electron chi connectivity index (χ2n) is 6.96.